The summed E-state index contributed by atoms with van der Waals surface area (Å²) < 4.78 is 48.6. The summed E-state index contributed by atoms with van der Waals surface area (Å²) in [5.74, 6) is 0. The summed E-state index contributed by atoms with van der Waals surface area (Å²) in [7, 11) is 0. The average molecular weight is 622 g/mol. The van der Waals surface area contributed by atoms with Crippen molar-refractivity contribution in [2.75, 3.05) is 125 Å². The topological polar surface area (TPSA) is 195 Å². The van der Waals surface area contributed by atoms with E-state index in [1.165, 1.54) is 12.1 Å². The number of nitrogens with zero attached hydrogens (tertiary/aromatic N) is 2. The van der Waals surface area contributed by atoms with Crippen molar-refractivity contribution >= 4 is 11.4 Å². The van der Waals surface area contributed by atoms with Crippen LogP contribution in [0.2, 0.25) is 0 Å². The monoisotopic (exact) mass is 621 g/mol. The third-order valence-corrected chi connectivity index (χ3v) is 5.45. The summed E-state index contributed by atoms with van der Waals surface area (Å²) >= 11 is 0. The molecule has 0 heterocycles. The second-order valence-electron chi connectivity index (χ2n) is 8.73. The molecule has 0 unspecified atom stereocenters. The molecule has 0 aromatic heterocycles. The van der Waals surface area contributed by atoms with E-state index in [2.05, 4.69) is 0 Å². The lowest BCUT2D eigenvalue weighted by atomic mass is 10.1. The Labute approximate surface area is 252 Å². The Morgan fingerprint density at radius 2 is 0.860 bits per heavy atom. The number of nitrogens with two attached hydrogens (primary N) is 1. The van der Waals surface area contributed by atoms with E-state index in [0.29, 0.717) is 144 Å². The predicted octanol–water partition coefficient (Wildman–Crippen LogP) is 1.54. The van der Waals surface area contributed by atoms with Crippen LogP contribution in [0.3, 0.4) is 0 Å². The number of non-ortho nitro benzene ring substituents is 1. The summed E-state index contributed by atoms with van der Waals surface area (Å²) in [6.45, 7) is 8.97. The fourth-order valence-electron chi connectivity index (χ4n) is 3.36. The summed E-state index contributed by atoms with van der Waals surface area (Å²) in [5.41, 5.74) is 5.20. The largest absolute Gasteiger partial charge is 0.379 e. The van der Waals surface area contributed by atoms with Gasteiger partial charge in [0.15, 0.2) is 0 Å². The Morgan fingerprint density at radius 3 is 1.19 bits per heavy atom. The normalized spacial score (nSPS) is 11.3. The SMILES string of the molecule is NCCOCCOCCOCCOCCOCCOCCOCCOCCOCCCc1ccc([N+](=O)[O-])cc1[N+](=O)[O-]. The smallest absolute Gasteiger partial charge is 0.279 e. The van der Waals surface area contributed by atoms with E-state index >= 15 is 0 Å². The molecule has 0 atom stereocenters. The van der Waals surface area contributed by atoms with Crippen LogP contribution < -0.4 is 5.73 Å². The van der Waals surface area contributed by atoms with Crippen molar-refractivity contribution in [3.05, 3.63) is 44.0 Å². The minimum absolute atomic E-state index is 0.254. The Balaban J connectivity index is 1.77. The first kappa shape index (κ1) is 38.6. The highest BCUT2D eigenvalue weighted by Crippen LogP contribution is 2.25. The number of aryl methyl sites for hydroxylation is 1. The molecule has 16 heteroatoms. The molecule has 1 rings (SSSR count). The molecule has 0 radical (unpaired) electrons. The first-order chi connectivity index (χ1) is 21.1. The lowest BCUT2D eigenvalue weighted by Gasteiger charge is -2.09. The highest BCUT2D eigenvalue weighted by atomic mass is 16.6. The van der Waals surface area contributed by atoms with Crippen LogP contribution in [0, 0.1) is 20.2 Å². The van der Waals surface area contributed by atoms with E-state index in [4.69, 9.17) is 48.4 Å². The van der Waals surface area contributed by atoms with Crippen molar-refractivity contribution in [1.82, 2.24) is 0 Å². The lowest BCUT2D eigenvalue weighted by Crippen LogP contribution is -2.15. The third-order valence-electron chi connectivity index (χ3n) is 5.45. The highest BCUT2D eigenvalue weighted by molar-refractivity contribution is 5.49. The molecule has 0 saturated heterocycles. The number of ether oxygens (including phenoxy) is 9. The van der Waals surface area contributed by atoms with Crippen molar-refractivity contribution in [3.63, 3.8) is 0 Å². The second-order valence-corrected chi connectivity index (χ2v) is 8.73. The van der Waals surface area contributed by atoms with Gasteiger partial charge in [0.05, 0.1) is 128 Å². The van der Waals surface area contributed by atoms with Crippen molar-refractivity contribution in [2.24, 2.45) is 5.73 Å². The first-order valence-electron chi connectivity index (χ1n) is 14.4. The third kappa shape index (κ3) is 22.8. The van der Waals surface area contributed by atoms with E-state index in [-0.39, 0.29) is 11.4 Å². The van der Waals surface area contributed by atoms with Gasteiger partial charge in [-0.15, -0.1) is 0 Å². The summed E-state index contributed by atoms with van der Waals surface area (Å²) in [4.78, 5) is 20.7. The van der Waals surface area contributed by atoms with Crippen LogP contribution in [0.5, 0.6) is 0 Å². The van der Waals surface area contributed by atoms with Gasteiger partial charge in [-0.05, 0) is 18.9 Å². The molecule has 0 aliphatic heterocycles. The van der Waals surface area contributed by atoms with Crippen LogP contribution in [0.25, 0.3) is 0 Å². The van der Waals surface area contributed by atoms with Gasteiger partial charge in [-0.2, -0.15) is 0 Å². The number of nitro benzene ring substituents is 2. The quantitative estimate of drug-likeness (QED) is 0.0691. The van der Waals surface area contributed by atoms with Gasteiger partial charge in [-0.1, -0.05) is 0 Å². The van der Waals surface area contributed by atoms with Gasteiger partial charge in [-0.25, -0.2) is 0 Å². The van der Waals surface area contributed by atoms with Gasteiger partial charge in [0.25, 0.3) is 11.4 Å². The average Bonchev–Trinajstić information content (AvgIpc) is 3.00. The fraction of sp³-hybridized carbons (Fsp3) is 0.778. The van der Waals surface area contributed by atoms with Crippen LogP contribution in [0.4, 0.5) is 11.4 Å². The van der Waals surface area contributed by atoms with E-state index in [1.807, 2.05) is 0 Å². The van der Waals surface area contributed by atoms with Crippen LogP contribution in [-0.4, -0.2) is 135 Å². The number of benzene rings is 1. The molecule has 1 aromatic carbocycles. The molecule has 16 nitrogen and oxygen atoms in total. The summed E-state index contributed by atoms with van der Waals surface area (Å²) in [5, 5.41) is 22.0. The highest BCUT2D eigenvalue weighted by Gasteiger charge is 2.18. The van der Waals surface area contributed by atoms with Crippen LogP contribution in [0.1, 0.15) is 12.0 Å². The molecule has 2 N–H and O–H groups in total. The van der Waals surface area contributed by atoms with Gasteiger partial charge in [0.2, 0.25) is 0 Å². The zero-order chi connectivity index (χ0) is 31.2. The van der Waals surface area contributed by atoms with Crippen LogP contribution in [-0.2, 0) is 49.1 Å². The zero-order valence-electron chi connectivity index (χ0n) is 24.9. The maximum Gasteiger partial charge on any atom is 0.279 e. The molecule has 0 saturated carbocycles. The number of hydrogen-bond donors (Lipinski definition) is 1. The van der Waals surface area contributed by atoms with E-state index in [0.717, 1.165) is 6.07 Å². The van der Waals surface area contributed by atoms with Gasteiger partial charge in [-0.3, -0.25) is 20.2 Å². The van der Waals surface area contributed by atoms with E-state index < -0.39 is 9.85 Å². The molecule has 0 spiro atoms. The minimum atomic E-state index is -0.654. The Hall–Kier alpha value is -2.38. The summed E-state index contributed by atoms with van der Waals surface area (Å²) in [6, 6.07) is 3.66. The maximum atomic E-state index is 11.2. The molecule has 0 bridgehead atoms. The summed E-state index contributed by atoms with van der Waals surface area (Å²) in [6.07, 6.45) is 0.925. The van der Waals surface area contributed by atoms with Gasteiger partial charge >= 0.3 is 0 Å². The van der Waals surface area contributed by atoms with E-state index in [1.54, 1.807) is 0 Å². The van der Waals surface area contributed by atoms with Crippen LogP contribution in [0.15, 0.2) is 18.2 Å². The number of nitro groups is 2. The van der Waals surface area contributed by atoms with Crippen molar-refractivity contribution in [1.29, 1.82) is 0 Å². The Bertz CT molecular complexity index is 835. The predicted molar refractivity (Wildman–Crippen MR) is 154 cm³/mol. The second kappa shape index (κ2) is 28.4. The Kier molecular flexibility index (Phi) is 25.5. The Morgan fingerprint density at radius 1 is 0.512 bits per heavy atom. The number of hydrogen-bond acceptors (Lipinski definition) is 14. The molecule has 248 valence electrons. The standard InChI is InChI=1S/C27H47N3O13/c28-5-7-36-9-11-38-13-15-40-17-19-42-21-23-43-22-20-41-18-16-39-14-12-37-10-8-35-6-1-2-25-3-4-26(29(31)32)24-27(25)30(33)34/h3-4,24H,1-2,5-23,28H2. The molecular weight excluding hydrogens is 574 g/mol. The van der Waals surface area contributed by atoms with Gasteiger partial charge < -0.3 is 48.4 Å². The molecule has 43 heavy (non-hydrogen) atoms. The molecule has 0 aliphatic carbocycles. The van der Waals surface area contributed by atoms with Crippen molar-refractivity contribution in [2.45, 2.75) is 12.8 Å². The minimum Gasteiger partial charge on any atom is -0.379 e. The van der Waals surface area contributed by atoms with E-state index in [9.17, 15) is 20.2 Å². The van der Waals surface area contributed by atoms with Gasteiger partial charge in [0.1, 0.15) is 0 Å². The molecule has 0 fully saturated rings. The first-order valence-corrected chi connectivity index (χ1v) is 14.4. The number of rotatable bonds is 32. The van der Waals surface area contributed by atoms with Crippen molar-refractivity contribution in [3.8, 4) is 0 Å². The van der Waals surface area contributed by atoms with Crippen molar-refractivity contribution < 1.29 is 52.5 Å². The maximum absolute atomic E-state index is 11.2. The van der Waals surface area contributed by atoms with Gasteiger partial charge in [0, 0.05) is 24.8 Å². The lowest BCUT2D eigenvalue weighted by molar-refractivity contribution is -0.394. The fourth-order valence-corrected chi connectivity index (χ4v) is 3.36. The van der Waals surface area contributed by atoms with Crippen LogP contribution >= 0.6 is 0 Å². The molecular formula is C27H47N3O13. The molecule has 0 aliphatic rings. The zero-order valence-corrected chi connectivity index (χ0v) is 24.9. The molecule has 1 aromatic rings. The molecule has 0 amide bonds.